The van der Waals surface area contributed by atoms with Crippen LogP contribution in [0, 0.1) is 0 Å². The number of rotatable bonds is 5. The summed E-state index contributed by atoms with van der Waals surface area (Å²) in [6.07, 6.45) is 1.72. The molecule has 0 radical (unpaired) electrons. The number of nitrogens with zero attached hydrogens (tertiary/aromatic N) is 1. The van der Waals surface area contributed by atoms with Crippen molar-refractivity contribution in [1.82, 2.24) is 4.90 Å². The van der Waals surface area contributed by atoms with Crippen LogP contribution in [0.3, 0.4) is 0 Å². The molecule has 2 amide bonds. The molecule has 0 bridgehead atoms. The Morgan fingerprint density at radius 2 is 1.96 bits per heavy atom. The number of amides is 2. The number of thioether (sulfide) groups is 1. The zero-order valence-corrected chi connectivity index (χ0v) is 16.0. The van der Waals surface area contributed by atoms with Crippen LogP contribution in [0.2, 0.25) is 0 Å². The summed E-state index contributed by atoms with van der Waals surface area (Å²) in [7, 11) is 0. The van der Waals surface area contributed by atoms with Crippen molar-refractivity contribution in [2.45, 2.75) is 13.5 Å². The fourth-order valence-electron chi connectivity index (χ4n) is 2.48. The van der Waals surface area contributed by atoms with E-state index in [0.29, 0.717) is 17.3 Å². The van der Waals surface area contributed by atoms with Gasteiger partial charge in [0.2, 0.25) is 0 Å². The van der Waals surface area contributed by atoms with Crippen molar-refractivity contribution in [3.8, 4) is 5.75 Å². The molecule has 1 aliphatic rings. The van der Waals surface area contributed by atoms with E-state index in [0.717, 1.165) is 27.4 Å². The van der Waals surface area contributed by atoms with E-state index in [1.807, 2.05) is 55.5 Å². The van der Waals surface area contributed by atoms with Gasteiger partial charge < -0.3 is 4.74 Å². The van der Waals surface area contributed by atoms with Crippen molar-refractivity contribution in [2.75, 3.05) is 6.61 Å². The smallest absolute Gasteiger partial charge is 0.293 e. The number of benzene rings is 2. The molecule has 0 unspecified atom stereocenters. The van der Waals surface area contributed by atoms with Gasteiger partial charge in [0.15, 0.2) is 0 Å². The summed E-state index contributed by atoms with van der Waals surface area (Å²) in [4.78, 5) is 26.6. The third kappa shape index (κ3) is 4.14. The van der Waals surface area contributed by atoms with E-state index < -0.39 is 0 Å². The average Bonchev–Trinajstić information content (AvgIpc) is 2.84. The summed E-state index contributed by atoms with van der Waals surface area (Å²) in [6, 6.07) is 15.0. The van der Waals surface area contributed by atoms with E-state index >= 15 is 0 Å². The number of ether oxygens (including phenoxy) is 1. The lowest BCUT2D eigenvalue weighted by Gasteiger charge is -2.12. The number of hydrogen-bond acceptors (Lipinski definition) is 4. The number of halogens is 1. The predicted octanol–water partition coefficient (Wildman–Crippen LogP) is 5.08. The topological polar surface area (TPSA) is 46.6 Å². The third-order valence-electron chi connectivity index (χ3n) is 3.61. The van der Waals surface area contributed by atoms with Gasteiger partial charge in [0.25, 0.3) is 11.1 Å². The van der Waals surface area contributed by atoms with Crippen LogP contribution < -0.4 is 4.74 Å². The van der Waals surface area contributed by atoms with Crippen molar-refractivity contribution < 1.29 is 14.3 Å². The highest BCUT2D eigenvalue weighted by Gasteiger charge is 2.35. The Morgan fingerprint density at radius 1 is 1.16 bits per heavy atom. The maximum Gasteiger partial charge on any atom is 0.293 e. The van der Waals surface area contributed by atoms with E-state index in [1.165, 1.54) is 4.90 Å². The van der Waals surface area contributed by atoms with Gasteiger partial charge in [-0.3, -0.25) is 14.5 Å². The monoisotopic (exact) mass is 417 g/mol. The molecule has 4 nitrogen and oxygen atoms in total. The maximum absolute atomic E-state index is 12.6. The first-order valence-electron chi connectivity index (χ1n) is 7.80. The van der Waals surface area contributed by atoms with Gasteiger partial charge in [-0.2, -0.15) is 0 Å². The molecule has 6 heteroatoms. The Kier molecular flexibility index (Phi) is 5.60. The molecular weight excluding hydrogens is 402 g/mol. The summed E-state index contributed by atoms with van der Waals surface area (Å²) >= 11 is 4.36. The molecule has 2 aromatic rings. The van der Waals surface area contributed by atoms with E-state index in [1.54, 1.807) is 6.08 Å². The molecule has 1 heterocycles. The van der Waals surface area contributed by atoms with Crippen LogP contribution in [0.25, 0.3) is 6.08 Å². The molecule has 0 N–H and O–H groups in total. The number of imide groups is 1. The molecule has 0 saturated carbocycles. The van der Waals surface area contributed by atoms with Gasteiger partial charge in [-0.25, -0.2) is 0 Å². The minimum Gasteiger partial charge on any atom is -0.493 e. The molecule has 0 atom stereocenters. The largest absolute Gasteiger partial charge is 0.493 e. The second-order valence-electron chi connectivity index (χ2n) is 5.37. The highest BCUT2D eigenvalue weighted by molar-refractivity contribution is 9.10. The number of para-hydroxylation sites is 1. The summed E-state index contributed by atoms with van der Waals surface area (Å²) < 4.78 is 6.49. The molecule has 3 rings (SSSR count). The lowest BCUT2D eigenvalue weighted by molar-refractivity contribution is -0.123. The highest BCUT2D eigenvalue weighted by Crippen LogP contribution is 2.35. The second-order valence-corrected chi connectivity index (χ2v) is 7.28. The number of carbonyl (C=O) groups excluding carboxylic acids is 2. The van der Waals surface area contributed by atoms with Gasteiger partial charge in [-0.15, -0.1) is 0 Å². The first-order chi connectivity index (χ1) is 12.1. The molecule has 2 aromatic carbocycles. The minimum atomic E-state index is -0.277. The fourth-order valence-corrected chi connectivity index (χ4v) is 3.76. The highest BCUT2D eigenvalue weighted by atomic mass is 79.9. The van der Waals surface area contributed by atoms with Gasteiger partial charge in [0.1, 0.15) is 5.75 Å². The summed E-state index contributed by atoms with van der Waals surface area (Å²) in [5, 5.41) is -0.259. The Labute approximate surface area is 159 Å². The van der Waals surface area contributed by atoms with E-state index in [-0.39, 0.29) is 17.7 Å². The van der Waals surface area contributed by atoms with Gasteiger partial charge in [0, 0.05) is 10.0 Å². The molecule has 128 valence electrons. The van der Waals surface area contributed by atoms with E-state index in [9.17, 15) is 9.59 Å². The van der Waals surface area contributed by atoms with Crippen molar-refractivity contribution in [1.29, 1.82) is 0 Å². The molecule has 1 aliphatic heterocycles. The molecule has 25 heavy (non-hydrogen) atoms. The van der Waals surface area contributed by atoms with Gasteiger partial charge in [-0.1, -0.05) is 46.3 Å². The quantitative estimate of drug-likeness (QED) is 0.635. The first-order valence-corrected chi connectivity index (χ1v) is 9.41. The van der Waals surface area contributed by atoms with Crippen molar-refractivity contribution >= 4 is 44.9 Å². The van der Waals surface area contributed by atoms with Crippen molar-refractivity contribution in [3.63, 3.8) is 0 Å². The van der Waals surface area contributed by atoms with E-state index in [2.05, 4.69) is 15.9 Å². The van der Waals surface area contributed by atoms with Crippen LogP contribution >= 0.6 is 27.7 Å². The average molecular weight is 418 g/mol. The van der Waals surface area contributed by atoms with Crippen LogP contribution in [-0.4, -0.2) is 22.7 Å². The lowest BCUT2D eigenvalue weighted by atomic mass is 10.1. The number of hydrogen-bond donors (Lipinski definition) is 0. The lowest BCUT2D eigenvalue weighted by Crippen LogP contribution is -2.27. The molecule has 0 aromatic heterocycles. The molecule has 0 spiro atoms. The zero-order valence-electron chi connectivity index (χ0n) is 13.6. The summed E-state index contributed by atoms with van der Waals surface area (Å²) in [6.45, 7) is 2.70. The fraction of sp³-hybridized carbons (Fsp3) is 0.158. The van der Waals surface area contributed by atoms with Crippen molar-refractivity contribution in [3.05, 3.63) is 69.0 Å². The molecule has 1 saturated heterocycles. The zero-order chi connectivity index (χ0) is 17.8. The Morgan fingerprint density at radius 3 is 2.72 bits per heavy atom. The standard InChI is InChI=1S/C19H16BrNO3S/c1-2-24-16-9-4-3-7-14(16)11-17-18(22)21(19(23)25-17)12-13-6-5-8-15(20)10-13/h3-11H,2,12H2,1H3/b17-11+. The van der Waals surface area contributed by atoms with Gasteiger partial charge >= 0.3 is 0 Å². The Bertz CT molecular complexity index is 850. The Balaban J connectivity index is 1.84. The molecule has 0 aliphatic carbocycles. The SMILES string of the molecule is CCOc1ccccc1/C=C1/SC(=O)N(Cc2cccc(Br)c2)C1=O. The predicted molar refractivity (Wildman–Crippen MR) is 103 cm³/mol. The van der Waals surface area contributed by atoms with Crippen LogP contribution in [0.15, 0.2) is 57.9 Å². The maximum atomic E-state index is 12.6. The van der Waals surface area contributed by atoms with E-state index in [4.69, 9.17) is 4.74 Å². The van der Waals surface area contributed by atoms with Crippen molar-refractivity contribution in [2.24, 2.45) is 0 Å². The minimum absolute atomic E-state index is 0.258. The third-order valence-corrected chi connectivity index (χ3v) is 5.01. The summed E-state index contributed by atoms with van der Waals surface area (Å²) in [5.41, 5.74) is 1.69. The van der Waals surface area contributed by atoms with Crippen LogP contribution in [0.5, 0.6) is 5.75 Å². The summed E-state index contributed by atoms with van der Waals surface area (Å²) in [5.74, 6) is 0.421. The normalized spacial score (nSPS) is 15.9. The molecular formula is C19H16BrNO3S. The Hall–Kier alpha value is -2.05. The van der Waals surface area contributed by atoms with Crippen LogP contribution in [-0.2, 0) is 11.3 Å². The van der Waals surface area contributed by atoms with Crippen LogP contribution in [0.4, 0.5) is 4.79 Å². The number of carbonyl (C=O) groups is 2. The second kappa shape index (κ2) is 7.89. The van der Waals surface area contributed by atoms with Crippen LogP contribution in [0.1, 0.15) is 18.1 Å². The molecule has 1 fully saturated rings. The first kappa shape index (κ1) is 17.8. The van der Waals surface area contributed by atoms with Gasteiger partial charge in [-0.05, 0) is 48.5 Å². The van der Waals surface area contributed by atoms with Gasteiger partial charge in [0.05, 0.1) is 18.1 Å².